The van der Waals surface area contributed by atoms with Crippen LogP contribution in [0.1, 0.15) is 44.9 Å². The maximum absolute atomic E-state index is 12.9. The maximum atomic E-state index is 12.9. The Morgan fingerprint density at radius 2 is 1.97 bits per heavy atom. The Labute approximate surface area is 173 Å². The molecule has 0 radical (unpaired) electrons. The second kappa shape index (κ2) is 9.22. The molecule has 0 aliphatic carbocycles. The van der Waals surface area contributed by atoms with Crippen LogP contribution < -0.4 is 0 Å². The summed E-state index contributed by atoms with van der Waals surface area (Å²) in [4.78, 5) is 18.4. The van der Waals surface area contributed by atoms with Crippen LogP contribution in [-0.4, -0.2) is 47.0 Å². The van der Waals surface area contributed by atoms with Crippen LogP contribution in [0.3, 0.4) is 0 Å². The predicted octanol–water partition coefficient (Wildman–Crippen LogP) is 3.11. The number of sulfone groups is 1. The lowest BCUT2D eigenvalue weighted by Gasteiger charge is -2.31. The van der Waals surface area contributed by atoms with Crippen molar-refractivity contribution in [2.45, 2.75) is 63.5 Å². The standard InChI is InChI=1S/C22H31N3O3S/c1-17(2)29(27,28)22-23-14-21(16-24-12-7-10-20(15-24)18(3)26)25(22)13-11-19-8-5-4-6-9-19/h4-6,8-9,14,17,20H,7,10-13,15-16H2,1-3H3/t20-/m1/s1. The number of ketones is 1. The molecule has 1 aromatic carbocycles. The van der Waals surface area contributed by atoms with Crippen molar-refractivity contribution in [2.24, 2.45) is 5.92 Å². The van der Waals surface area contributed by atoms with E-state index in [0.717, 1.165) is 43.6 Å². The summed E-state index contributed by atoms with van der Waals surface area (Å²) in [6.07, 6.45) is 4.35. The fourth-order valence-corrected chi connectivity index (χ4v) is 4.98. The highest BCUT2D eigenvalue weighted by molar-refractivity contribution is 7.91. The topological polar surface area (TPSA) is 72.3 Å². The smallest absolute Gasteiger partial charge is 0.228 e. The SMILES string of the molecule is CC(=O)[C@@H]1CCCN(Cc2cnc(S(=O)(=O)C(C)C)n2CCc2ccccc2)C1. The van der Waals surface area contributed by atoms with Crippen molar-refractivity contribution in [3.8, 4) is 0 Å². The van der Waals surface area contributed by atoms with Crippen LogP contribution in [0.25, 0.3) is 0 Å². The molecule has 0 amide bonds. The van der Waals surface area contributed by atoms with Crippen molar-refractivity contribution in [1.29, 1.82) is 0 Å². The highest BCUT2D eigenvalue weighted by Crippen LogP contribution is 2.22. The Kier molecular flexibility index (Phi) is 6.90. The lowest BCUT2D eigenvalue weighted by atomic mass is 9.94. The summed E-state index contributed by atoms with van der Waals surface area (Å²) in [5, 5.41) is -0.371. The van der Waals surface area contributed by atoms with Gasteiger partial charge in [-0.25, -0.2) is 13.4 Å². The van der Waals surface area contributed by atoms with Gasteiger partial charge in [0.15, 0.2) is 0 Å². The summed E-state index contributed by atoms with van der Waals surface area (Å²) in [5.74, 6) is 0.304. The van der Waals surface area contributed by atoms with E-state index in [1.54, 1.807) is 27.0 Å². The number of hydrogen-bond donors (Lipinski definition) is 0. The zero-order valence-corrected chi connectivity index (χ0v) is 18.4. The Morgan fingerprint density at radius 1 is 1.24 bits per heavy atom. The number of Topliss-reactive ketones (excluding diaryl/α,β-unsaturated/α-hetero) is 1. The second-order valence-electron chi connectivity index (χ2n) is 8.20. The van der Waals surface area contributed by atoms with Crippen molar-refractivity contribution in [1.82, 2.24) is 14.5 Å². The molecule has 1 saturated heterocycles. The minimum absolute atomic E-state index is 0.0725. The van der Waals surface area contributed by atoms with E-state index in [0.29, 0.717) is 13.1 Å². The van der Waals surface area contributed by atoms with Gasteiger partial charge in [-0.15, -0.1) is 0 Å². The molecule has 2 aromatic rings. The van der Waals surface area contributed by atoms with E-state index in [1.165, 1.54) is 0 Å². The van der Waals surface area contributed by atoms with Gasteiger partial charge in [0, 0.05) is 25.6 Å². The van der Waals surface area contributed by atoms with Crippen molar-refractivity contribution in [2.75, 3.05) is 13.1 Å². The zero-order chi connectivity index (χ0) is 21.0. The lowest BCUT2D eigenvalue weighted by Crippen LogP contribution is -2.38. The van der Waals surface area contributed by atoms with Gasteiger partial charge in [-0.3, -0.25) is 9.69 Å². The summed E-state index contributed by atoms with van der Waals surface area (Å²) in [6.45, 7) is 7.85. The summed E-state index contributed by atoms with van der Waals surface area (Å²) in [5.41, 5.74) is 2.05. The van der Waals surface area contributed by atoms with Gasteiger partial charge >= 0.3 is 0 Å². The molecule has 1 atom stereocenters. The number of nitrogens with zero attached hydrogens (tertiary/aromatic N) is 3. The van der Waals surface area contributed by atoms with Gasteiger partial charge in [0.25, 0.3) is 0 Å². The monoisotopic (exact) mass is 417 g/mol. The summed E-state index contributed by atoms with van der Waals surface area (Å²) < 4.78 is 27.6. The van der Waals surface area contributed by atoms with Gasteiger partial charge in [0.2, 0.25) is 15.0 Å². The minimum atomic E-state index is -3.48. The van der Waals surface area contributed by atoms with E-state index in [2.05, 4.69) is 22.0 Å². The van der Waals surface area contributed by atoms with Crippen molar-refractivity contribution in [3.63, 3.8) is 0 Å². The number of aromatic nitrogens is 2. The number of imidazole rings is 1. The van der Waals surface area contributed by atoms with Crippen LogP contribution in [0.4, 0.5) is 0 Å². The number of aryl methyl sites for hydroxylation is 1. The predicted molar refractivity (Wildman–Crippen MR) is 113 cm³/mol. The number of benzene rings is 1. The molecule has 1 fully saturated rings. The molecule has 158 valence electrons. The third kappa shape index (κ3) is 5.14. The number of rotatable bonds is 8. The number of piperidine rings is 1. The molecular formula is C22H31N3O3S. The Morgan fingerprint density at radius 3 is 2.62 bits per heavy atom. The van der Waals surface area contributed by atoms with Gasteiger partial charge in [-0.1, -0.05) is 30.3 Å². The highest BCUT2D eigenvalue weighted by atomic mass is 32.2. The first kappa shape index (κ1) is 21.7. The molecule has 3 rings (SSSR count). The Balaban J connectivity index is 1.86. The van der Waals surface area contributed by atoms with Gasteiger partial charge in [-0.2, -0.15) is 0 Å². The van der Waals surface area contributed by atoms with Crippen LogP contribution in [0.5, 0.6) is 0 Å². The first-order valence-electron chi connectivity index (χ1n) is 10.3. The summed E-state index contributed by atoms with van der Waals surface area (Å²) in [6, 6.07) is 10.1. The minimum Gasteiger partial charge on any atom is -0.317 e. The summed E-state index contributed by atoms with van der Waals surface area (Å²) >= 11 is 0. The fourth-order valence-electron chi connectivity index (χ4n) is 3.84. The number of carbonyl (C=O) groups excluding carboxylic acids is 1. The second-order valence-corrected chi connectivity index (χ2v) is 10.6. The van der Waals surface area contributed by atoms with Crippen LogP contribution in [0.15, 0.2) is 41.7 Å². The molecule has 0 N–H and O–H groups in total. The maximum Gasteiger partial charge on any atom is 0.228 e. The van der Waals surface area contributed by atoms with E-state index in [1.807, 2.05) is 22.8 Å². The first-order chi connectivity index (χ1) is 13.8. The van der Waals surface area contributed by atoms with Crippen LogP contribution in [0.2, 0.25) is 0 Å². The molecule has 1 aliphatic rings. The largest absolute Gasteiger partial charge is 0.317 e. The van der Waals surface area contributed by atoms with Crippen molar-refractivity contribution >= 4 is 15.6 Å². The zero-order valence-electron chi connectivity index (χ0n) is 17.5. The van der Waals surface area contributed by atoms with E-state index >= 15 is 0 Å². The average molecular weight is 418 g/mol. The van der Waals surface area contributed by atoms with Gasteiger partial charge < -0.3 is 4.57 Å². The van der Waals surface area contributed by atoms with E-state index < -0.39 is 15.1 Å². The van der Waals surface area contributed by atoms with Gasteiger partial charge in [0.1, 0.15) is 5.78 Å². The molecule has 7 heteroatoms. The van der Waals surface area contributed by atoms with Crippen LogP contribution in [0, 0.1) is 5.92 Å². The Hall–Kier alpha value is -1.99. The number of carbonyl (C=O) groups is 1. The van der Waals surface area contributed by atoms with E-state index in [9.17, 15) is 13.2 Å². The summed E-state index contributed by atoms with van der Waals surface area (Å²) in [7, 11) is -3.48. The molecule has 2 heterocycles. The lowest BCUT2D eigenvalue weighted by molar-refractivity contribution is -0.122. The van der Waals surface area contributed by atoms with Crippen molar-refractivity contribution < 1.29 is 13.2 Å². The quantitative estimate of drug-likeness (QED) is 0.660. The number of hydrogen-bond acceptors (Lipinski definition) is 5. The first-order valence-corrected chi connectivity index (χ1v) is 11.9. The molecule has 29 heavy (non-hydrogen) atoms. The van der Waals surface area contributed by atoms with Crippen molar-refractivity contribution in [3.05, 3.63) is 47.8 Å². The average Bonchev–Trinajstić information content (AvgIpc) is 3.10. The van der Waals surface area contributed by atoms with E-state index in [4.69, 9.17) is 0 Å². The van der Waals surface area contributed by atoms with Gasteiger partial charge in [0.05, 0.1) is 17.1 Å². The van der Waals surface area contributed by atoms with E-state index in [-0.39, 0.29) is 16.9 Å². The highest BCUT2D eigenvalue weighted by Gasteiger charge is 2.28. The molecular weight excluding hydrogens is 386 g/mol. The fraction of sp³-hybridized carbons (Fsp3) is 0.545. The van der Waals surface area contributed by atoms with Crippen LogP contribution in [-0.2, 0) is 34.1 Å². The normalized spacial score (nSPS) is 18.3. The van der Waals surface area contributed by atoms with Crippen LogP contribution >= 0.6 is 0 Å². The molecule has 0 saturated carbocycles. The molecule has 6 nitrogen and oxygen atoms in total. The Bertz CT molecular complexity index is 935. The number of likely N-dealkylation sites (tertiary alicyclic amines) is 1. The molecule has 0 spiro atoms. The molecule has 1 aliphatic heterocycles. The van der Waals surface area contributed by atoms with Gasteiger partial charge in [-0.05, 0) is 52.1 Å². The molecule has 0 bridgehead atoms. The molecule has 0 unspecified atom stereocenters. The third-order valence-corrected chi connectivity index (χ3v) is 7.79. The third-order valence-electron chi connectivity index (χ3n) is 5.71. The molecule has 1 aromatic heterocycles.